The molecule has 19 heavy (non-hydrogen) atoms. The molecule has 0 bridgehead atoms. The van der Waals surface area contributed by atoms with Gasteiger partial charge in [-0.05, 0) is 43.7 Å². The number of nitrogens with one attached hydrogen (secondary N) is 1. The molecule has 1 heterocycles. The third kappa shape index (κ3) is 3.69. The third-order valence-electron chi connectivity index (χ3n) is 4.27. The number of nitrogens with two attached hydrogens (primary N) is 1. The lowest BCUT2D eigenvalue weighted by atomic mass is 9.76. The van der Waals surface area contributed by atoms with Gasteiger partial charge in [0.15, 0.2) is 0 Å². The van der Waals surface area contributed by atoms with Crippen LogP contribution in [0.25, 0.3) is 0 Å². The second kappa shape index (κ2) is 6.90. The van der Waals surface area contributed by atoms with E-state index in [1.165, 1.54) is 31.2 Å². The summed E-state index contributed by atoms with van der Waals surface area (Å²) in [6, 6.07) is 4.50. The van der Waals surface area contributed by atoms with Crippen molar-refractivity contribution < 1.29 is 0 Å². The maximum absolute atomic E-state index is 6.08. The number of rotatable bonds is 5. The van der Waals surface area contributed by atoms with Crippen molar-refractivity contribution in [3.05, 3.63) is 23.9 Å². The summed E-state index contributed by atoms with van der Waals surface area (Å²) in [6.45, 7) is 5.62. The van der Waals surface area contributed by atoms with Crippen LogP contribution < -0.4 is 11.1 Å². The molecule has 1 aliphatic carbocycles. The summed E-state index contributed by atoms with van der Waals surface area (Å²) < 4.78 is 0. The second-order valence-corrected chi connectivity index (χ2v) is 5.94. The fourth-order valence-electron chi connectivity index (χ4n) is 3.31. The Labute approximate surface area is 117 Å². The van der Waals surface area contributed by atoms with Gasteiger partial charge in [0.05, 0.1) is 0 Å². The molecule has 0 spiro atoms. The summed E-state index contributed by atoms with van der Waals surface area (Å²) in [6.07, 6.45) is 8.25. The minimum absolute atomic E-state index is 0.372. The third-order valence-corrected chi connectivity index (χ3v) is 4.27. The highest BCUT2D eigenvalue weighted by atomic mass is 14.9. The molecule has 0 aliphatic heterocycles. The molecule has 3 N–H and O–H groups in total. The highest BCUT2D eigenvalue weighted by molar-refractivity contribution is 5.41. The molecule has 0 saturated heterocycles. The Balaban J connectivity index is 2.17. The molecule has 1 aromatic heterocycles. The van der Waals surface area contributed by atoms with Crippen LogP contribution in [0, 0.1) is 11.8 Å². The van der Waals surface area contributed by atoms with Crippen LogP contribution in [0.15, 0.2) is 18.3 Å². The monoisotopic (exact) mass is 261 g/mol. The van der Waals surface area contributed by atoms with E-state index in [4.69, 9.17) is 5.73 Å². The molecule has 3 atom stereocenters. The number of aromatic nitrogens is 1. The van der Waals surface area contributed by atoms with Crippen molar-refractivity contribution in [2.24, 2.45) is 11.8 Å². The van der Waals surface area contributed by atoms with Crippen molar-refractivity contribution in [3.63, 3.8) is 0 Å². The van der Waals surface area contributed by atoms with E-state index in [0.29, 0.717) is 17.8 Å². The maximum Gasteiger partial charge on any atom is 0.128 e. The van der Waals surface area contributed by atoms with E-state index < -0.39 is 0 Å². The minimum atomic E-state index is 0.372. The highest BCUT2D eigenvalue weighted by Crippen LogP contribution is 2.38. The van der Waals surface area contributed by atoms with Gasteiger partial charge in [-0.15, -0.1) is 0 Å². The number of pyridine rings is 1. The predicted molar refractivity (Wildman–Crippen MR) is 80.8 cm³/mol. The lowest BCUT2D eigenvalue weighted by Gasteiger charge is -2.34. The first-order valence-electron chi connectivity index (χ1n) is 7.66. The van der Waals surface area contributed by atoms with Gasteiger partial charge >= 0.3 is 0 Å². The lowest BCUT2D eigenvalue weighted by molar-refractivity contribution is 0.224. The standard InChI is InChI=1S/C16H27N3/c1-3-9-18-15(13-7-4-6-12(2)11-13)14-8-5-10-19-16(14)17/h5,8,10,12-13,15,18H,3-4,6-7,9,11H2,1-2H3,(H2,17,19). The average molecular weight is 261 g/mol. The van der Waals surface area contributed by atoms with Gasteiger partial charge in [-0.25, -0.2) is 4.98 Å². The molecule has 1 saturated carbocycles. The van der Waals surface area contributed by atoms with Gasteiger partial charge in [0.2, 0.25) is 0 Å². The largest absolute Gasteiger partial charge is 0.383 e. The number of nitrogen functional groups attached to an aromatic ring is 1. The molecule has 1 aromatic rings. The van der Waals surface area contributed by atoms with Crippen molar-refractivity contribution >= 4 is 5.82 Å². The summed E-state index contributed by atoms with van der Waals surface area (Å²) in [5.41, 5.74) is 7.27. The second-order valence-electron chi connectivity index (χ2n) is 5.94. The Bertz CT molecular complexity index is 391. The summed E-state index contributed by atoms with van der Waals surface area (Å²) in [4.78, 5) is 4.26. The molecule has 3 heteroatoms. The smallest absolute Gasteiger partial charge is 0.128 e. The van der Waals surface area contributed by atoms with Crippen LogP contribution in [0.5, 0.6) is 0 Å². The first-order chi connectivity index (χ1) is 9.22. The number of anilines is 1. The number of nitrogens with zero attached hydrogens (tertiary/aromatic N) is 1. The van der Waals surface area contributed by atoms with Crippen molar-refractivity contribution in [3.8, 4) is 0 Å². The number of hydrogen-bond donors (Lipinski definition) is 2. The van der Waals surface area contributed by atoms with E-state index in [1.54, 1.807) is 6.20 Å². The minimum Gasteiger partial charge on any atom is -0.383 e. The van der Waals surface area contributed by atoms with E-state index in [2.05, 4.69) is 30.2 Å². The topological polar surface area (TPSA) is 50.9 Å². The quantitative estimate of drug-likeness (QED) is 0.852. The van der Waals surface area contributed by atoms with E-state index in [-0.39, 0.29) is 0 Å². The summed E-state index contributed by atoms with van der Waals surface area (Å²) in [5.74, 6) is 2.22. The Hall–Kier alpha value is -1.09. The van der Waals surface area contributed by atoms with Gasteiger partial charge in [-0.1, -0.05) is 32.8 Å². The molecule has 0 aromatic carbocycles. The molecule has 3 unspecified atom stereocenters. The molecule has 3 nitrogen and oxygen atoms in total. The Morgan fingerprint density at radius 2 is 2.32 bits per heavy atom. The van der Waals surface area contributed by atoms with Gasteiger partial charge < -0.3 is 11.1 Å². The summed E-state index contributed by atoms with van der Waals surface area (Å²) >= 11 is 0. The van der Waals surface area contributed by atoms with Crippen LogP contribution in [0.4, 0.5) is 5.82 Å². The molecular formula is C16H27N3. The van der Waals surface area contributed by atoms with E-state index in [0.717, 1.165) is 18.9 Å². The van der Waals surface area contributed by atoms with Gasteiger partial charge in [0.25, 0.3) is 0 Å². The molecule has 1 aliphatic rings. The van der Waals surface area contributed by atoms with Crippen LogP contribution in [-0.4, -0.2) is 11.5 Å². The van der Waals surface area contributed by atoms with Crippen molar-refractivity contribution in [2.45, 2.75) is 52.0 Å². The van der Waals surface area contributed by atoms with Crippen LogP contribution in [0.1, 0.15) is 57.6 Å². The Morgan fingerprint density at radius 3 is 3.00 bits per heavy atom. The Morgan fingerprint density at radius 1 is 1.47 bits per heavy atom. The molecule has 0 amide bonds. The predicted octanol–water partition coefficient (Wildman–Crippen LogP) is 3.53. The van der Waals surface area contributed by atoms with Gasteiger partial charge in [-0.2, -0.15) is 0 Å². The molecule has 2 rings (SSSR count). The van der Waals surface area contributed by atoms with Crippen molar-refractivity contribution in [1.29, 1.82) is 0 Å². The SMILES string of the molecule is CCCNC(c1cccnc1N)C1CCCC(C)C1. The first-order valence-corrected chi connectivity index (χ1v) is 7.66. The zero-order chi connectivity index (χ0) is 13.7. The Kier molecular flexibility index (Phi) is 5.20. The normalized spacial score (nSPS) is 25.2. The van der Waals surface area contributed by atoms with Crippen LogP contribution in [0.2, 0.25) is 0 Å². The van der Waals surface area contributed by atoms with E-state index >= 15 is 0 Å². The van der Waals surface area contributed by atoms with Crippen LogP contribution in [0.3, 0.4) is 0 Å². The van der Waals surface area contributed by atoms with Gasteiger partial charge in [0.1, 0.15) is 5.82 Å². The lowest BCUT2D eigenvalue weighted by Crippen LogP contribution is -2.32. The average Bonchev–Trinajstić information content (AvgIpc) is 2.41. The zero-order valence-electron chi connectivity index (χ0n) is 12.2. The summed E-state index contributed by atoms with van der Waals surface area (Å²) in [7, 11) is 0. The summed E-state index contributed by atoms with van der Waals surface area (Å²) in [5, 5.41) is 3.70. The highest BCUT2D eigenvalue weighted by Gasteiger charge is 2.28. The first kappa shape index (κ1) is 14.3. The van der Waals surface area contributed by atoms with Crippen molar-refractivity contribution in [1.82, 2.24) is 10.3 Å². The zero-order valence-corrected chi connectivity index (χ0v) is 12.2. The molecule has 0 radical (unpaired) electrons. The molecule has 106 valence electrons. The molecular weight excluding hydrogens is 234 g/mol. The van der Waals surface area contributed by atoms with Gasteiger partial charge in [0, 0.05) is 17.8 Å². The van der Waals surface area contributed by atoms with Gasteiger partial charge in [-0.3, -0.25) is 0 Å². The maximum atomic E-state index is 6.08. The van der Waals surface area contributed by atoms with Crippen LogP contribution in [-0.2, 0) is 0 Å². The number of hydrogen-bond acceptors (Lipinski definition) is 3. The van der Waals surface area contributed by atoms with E-state index in [9.17, 15) is 0 Å². The fourth-order valence-corrected chi connectivity index (χ4v) is 3.31. The van der Waals surface area contributed by atoms with E-state index in [1.807, 2.05) is 6.07 Å². The van der Waals surface area contributed by atoms with Crippen LogP contribution >= 0.6 is 0 Å². The fraction of sp³-hybridized carbons (Fsp3) is 0.688. The molecule has 1 fully saturated rings. The van der Waals surface area contributed by atoms with Crippen molar-refractivity contribution in [2.75, 3.05) is 12.3 Å².